The van der Waals surface area contributed by atoms with Crippen LogP contribution >= 0.6 is 0 Å². The summed E-state index contributed by atoms with van der Waals surface area (Å²) in [6.45, 7) is 8.70. The molecule has 0 bridgehead atoms. The molecule has 4 aromatic carbocycles. The Bertz CT molecular complexity index is 1400. The maximum absolute atomic E-state index is 10.5. The minimum atomic E-state index is 0.621. The molecule has 4 aromatic rings. The molecule has 0 aliphatic rings. The molecule has 0 aromatic heterocycles. The number of aryl methyl sites for hydroxylation is 4. The third-order valence-corrected chi connectivity index (χ3v) is 6.98. The van der Waals surface area contributed by atoms with Crippen molar-refractivity contribution in [2.45, 2.75) is 47.0 Å². The fourth-order valence-electron chi connectivity index (χ4n) is 4.79. The van der Waals surface area contributed by atoms with Gasteiger partial charge in [0, 0.05) is 0 Å². The summed E-state index contributed by atoms with van der Waals surface area (Å²) in [6.07, 6.45) is 5.70. The molecule has 0 radical (unpaired) electrons. The first-order valence-electron chi connectivity index (χ1n) is 12.4. The second-order valence-electron chi connectivity index (χ2n) is 9.68. The predicted molar refractivity (Wildman–Crippen MR) is 149 cm³/mol. The van der Waals surface area contributed by atoms with Crippen LogP contribution in [-0.4, -0.2) is 12.2 Å². The maximum Gasteiger partial charge on any atom is 0.240 e. The van der Waals surface area contributed by atoms with Crippen molar-refractivity contribution < 1.29 is 9.59 Å². The first-order valence-corrected chi connectivity index (χ1v) is 12.4. The van der Waals surface area contributed by atoms with Gasteiger partial charge in [0.05, 0.1) is 11.4 Å². The van der Waals surface area contributed by atoms with E-state index >= 15 is 0 Å². The average Bonchev–Trinajstić information content (AvgIpc) is 2.87. The Labute approximate surface area is 218 Å². The Balaban J connectivity index is 1.59. The highest BCUT2D eigenvalue weighted by Crippen LogP contribution is 2.26. The van der Waals surface area contributed by atoms with Crippen molar-refractivity contribution in [3.63, 3.8) is 0 Å². The van der Waals surface area contributed by atoms with E-state index in [1.807, 2.05) is 48.5 Å². The van der Waals surface area contributed by atoms with Gasteiger partial charge in [0.1, 0.15) is 0 Å². The van der Waals surface area contributed by atoms with Crippen molar-refractivity contribution in [3.8, 4) is 0 Å². The van der Waals surface area contributed by atoms with Gasteiger partial charge < -0.3 is 0 Å². The Morgan fingerprint density at radius 1 is 0.486 bits per heavy atom. The summed E-state index contributed by atoms with van der Waals surface area (Å²) in [5.74, 6) is 0. The molecule has 0 atom stereocenters. The van der Waals surface area contributed by atoms with Gasteiger partial charge in [-0.05, 0) is 127 Å². The highest BCUT2D eigenvalue weighted by atomic mass is 16.1. The van der Waals surface area contributed by atoms with E-state index < -0.39 is 0 Å². The number of aliphatic imine (C=N–C) groups is 2. The smallest absolute Gasteiger partial charge is 0.211 e. The van der Waals surface area contributed by atoms with Gasteiger partial charge in [0.25, 0.3) is 0 Å². The summed E-state index contributed by atoms with van der Waals surface area (Å²) in [4.78, 5) is 28.4. The lowest BCUT2D eigenvalue weighted by molar-refractivity contribution is 0.564. The van der Waals surface area contributed by atoms with Gasteiger partial charge in [-0.1, -0.05) is 48.5 Å². The minimum absolute atomic E-state index is 0.621. The van der Waals surface area contributed by atoms with Gasteiger partial charge in [0.15, 0.2) is 0 Å². The third kappa shape index (κ3) is 6.45. The van der Waals surface area contributed by atoms with Crippen molar-refractivity contribution in [2.24, 2.45) is 9.98 Å². The molecule has 37 heavy (non-hydrogen) atoms. The molecule has 0 amide bonds. The highest BCUT2D eigenvalue weighted by Gasteiger charge is 2.11. The molecule has 0 unspecified atom stereocenters. The van der Waals surface area contributed by atoms with Gasteiger partial charge in [0.2, 0.25) is 12.2 Å². The molecular weight excluding hydrogens is 456 g/mol. The minimum Gasteiger partial charge on any atom is -0.211 e. The van der Waals surface area contributed by atoms with Gasteiger partial charge in [-0.15, -0.1) is 0 Å². The van der Waals surface area contributed by atoms with Crippen LogP contribution in [0.15, 0.2) is 82.8 Å². The van der Waals surface area contributed by atoms with Gasteiger partial charge in [-0.25, -0.2) is 9.59 Å². The first kappa shape index (κ1) is 25.7. The van der Waals surface area contributed by atoms with E-state index in [0.717, 1.165) is 19.3 Å². The number of carbonyl (C=O) groups excluding carboxylic acids is 2. The van der Waals surface area contributed by atoms with Crippen molar-refractivity contribution in [1.29, 1.82) is 0 Å². The monoisotopic (exact) mass is 486 g/mol. The Hall–Kier alpha value is -4.36. The largest absolute Gasteiger partial charge is 0.240 e. The van der Waals surface area contributed by atoms with Crippen LogP contribution in [-0.2, 0) is 28.9 Å². The Kier molecular flexibility index (Phi) is 8.05. The first-order chi connectivity index (χ1) is 17.9. The summed E-state index contributed by atoms with van der Waals surface area (Å²) < 4.78 is 0. The molecule has 0 heterocycles. The number of benzene rings is 4. The predicted octanol–water partition coefficient (Wildman–Crippen LogP) is 7.63. The van der Waals surface area contributed by atoms with Crippen LogP contribution in [0.25, 0.3) is 0 Å². The van der Waals surface area contributed by atoms with Crippen LogP contribution in [0, 0.1) is 27.7 Å². The molecule has 4 rings (SSSR count). The van der Waals surface area contributed by atoms with Crippen molar-refractivity contribution in [3.05, 3.63) is 128 Å². The van der Waals surface area contributed by atoms with Gasteiger partial charge in [-0.2, -0.15) is 9.98 Å². The zero-order valence-electron chi connectivity index (χ0n) is 21.8. The zero-order chi connectivity index (χ0) is 26.4. The zero-order valence-corrected chi connectivity index (χ0v) is 21.8. The molecule has 0 N–H and O–H groups in total. The number of nitrogens with zero attached hydrogens (tertiary/aromatic N) is 2. The number of hydrogen-bond acceptors (Lipinski definition) is 4. The third-order valence-electron chi connectivity index (χ3n) is 6.98. The summed E-state index contributed by atoms with van der Waals surface area (Å²) in [5.41, 5.74) is 14.0. The Morgan fingerprint density at radius 2 is 0.811 bits per heavy atom. The molecule has 4 nitrogen and oxygen atoms in total. The summed E-state index contributed by atoms with van der Waals surface area (Å²) in [6, 6.07) is 24.7. The van der Waals surface area contributed by atoms with E-state index in [1.54, 1.807) is 12.2 Å². The number of rotatable bonds is 8. The summed E-state index contributed by atoms with van der Waals surface area (Å²) in [5, 5.41) is 0. The van der Waals surface area contributed by atoms with E-state index in [0.29, 0.717) is 11.4 Å². The second-order valence-corrected chi connectivity index (χ2v) is 9.68. The van der Waals surface area contributed by atoms with Crippen molar-refractivity contribution in [1.82, 2.24) is 0 Å². The fraction of sp³-hybridized carbons (Fsp3) is 0.212. The topological polar surface area (TPSA) is 58.9 Å². The van der Waals surface area contributed by atoms with Crippen LogP contribution in [0.5, 0.6) is 0 Å². The number of hydrogen-bond donors (Lipinski definition) is 0. The van der Waals surface area contributed by atoms with Crippen molar-refractivity contribution in [2.75, 3.05) is 0 Å². The van der Waals surface area contributed by atoms with E-state index in [4.69, 9.17) is 0 Å². The summed E-state index contributed by atoms with van der Waals surface area (Å²) >= 11 is 0. The van der Waals surface area contributed by atoms with Crippen LogP contribution in [0.2, 0.25) is 0 Å². The summed E-state index contributed by atoms with van der Waals surface area (Å²) in [7, 11) is 0. The second kappa shape index (κ2) is 11.6. The molecule has 0 saturated carbocycles. The normalized spacial score (nSPS) is 10.5. The maximum atomic E-state index is 10.5. The fourth-order valence-corrected chi connectivity index (χ4v) is 4.79. The molecule has 0 aliphatic carbocycles. The van der Waals surface area contributed by atoms with Crippen LogP contribution < -0.4 is 0 Å². The van der Waals surface area contributed by atoms with Gasteiger partial charge >= 0.3 is 0 Å². The lowest BCUT2D eigenvalue weighted by Gasteiger charge is -2.16. The molecule has 0 spiro atoms. The molecule has 4 heteroatoms. The average molecular weight is 487 g/mol. The SMILES string of the molecule is Cc1cc(C)c(Cc2cc(Cc3ccc(N=C=O)cc3)c(C)cc2C)cc1Cc1ccc(N=C=O)cc1. The molecule has 184 valence electrons. The van der Waals surface area contributed by atoms with Crippen LogP contribution in [0.3, 0.4) is 0 Å². The van der Waals surface area contributed by atoms with E-state index in [-0.39, 0.29) is 0 Å². The van der Waals surface area contributed by atoms with E-state index in [1.165, 1.54) is 55.6 Å². The standard InChI is InChI=1S/C33H30N2O2/c1-22-13-24(3)30(17-28(22)15-26-5-9-32(10-6-26)34-20-36)19-31-18-29(23(2)14-25(31)4)16-27-7-11-33(12-8-27)35-21-37/h5-14,17-18H,15-16,19H2,1-4H3. The van der Waals surface area contributed by atoms with Crippen molar-refractivity contribution >= 4 is 23.5 Å². The lowest BCUT2D eigenvalue weighted by atomic mass is 9.89. The quantitative estimate of drug-likeness (QED) is 0.190. The molecular formula is C33H30N2O2. The van der Waals surface area contributed by atoms with Crippen LogP contribution in [0.4, 0.5) is 11.4 Å². The van der Waals surface area contributed by atoms with Crippen LogP contribution in [0.1, 0.15) is 55.6 Å². The van der Waals surface area contributed by atoms with E-state index in [2.05, 4.69) is 61.9 Å². The lowest BCUT2D eigenvalue weighted by Crippen LogP contribution is -2.02. The Morgan fingerprint density at radius 3 is 1.14 bits per heavy atom. The highest BCUT2D eigenvalue weighted by molar-refractivity contribution is 5.51. The van der Waals surface area contributed by atoms with Gasteiger partial charge in [-0.3, -0.25) is 0 Å². The number of isocyanates is 2. The molecule has 0 fully saturated rings. The van der Waals surface area contributed by atoms with E-state index in [9.17, 15) is 9.59 Å². The molecule has 0 saturated heterocycles. The molecule has 0 aliphatic heterocycles.